The van der Waals surface area contributed by atoms with Gasteiger partial charge in [0.1, 0.15) is 0 Å². The van der Waals surface area contributed by atoms with Gasteiger partial charge in [-0.25, -0.2) is 4.79 Å². The summed E-state index contributed by atoms with van der Waals surface area (Å²) in [6, 6.07) is 7.27. The number of piperidine rings is 1. The smallest absolute Gasteiger partial charge is 0.322 e. The van der Waals surface area contributed by atoms with Crippen molar-refractivity contribution in [1.29, 1.82) is 0 Å². The number of anilines is 1. The van der Waals surface area contributed by atoms with Crippen molar-refractivity contribution in [3.05, 3.63) is 29.3 Å². The van der Waals surface area contributed by atoms with E-state index in [4.69, 9.17) is 11.6 Å². The topological polar surface area (TPSA) is 52.7 Å². The molecule has 5 nitrogen and oxygen atoms in total. The van der Waals surface area contributed by atoms with Crippen LogP contribution in [0.2, 0.25) is 5.02 Å². The third-order valence-corrected chi connectivity index (χ3v) is 4.54. The van der Waals surface area contributed by atoms with Crippen LogP contribution in [-0.2, 0) is 4.79 Å². The molecular formula is C17H24ClN3O2. The Kier molecular flexibility index (Phi) is 5.88. The number of rotatable bonds is 3. The van der Waals surface area contributed by atoms with E-state index in [1.165, 1.54) is 0 Å². The molecule has 23 heavy (non-hydrogen) atoms. The average molecular weight is 338 g/mol. The van der Waals surface area contributed by atoms with E-state index in [1.807, 2.05) is 35.8 Å². The summed E-state index contributed by atoms with van der Waals surface area (Å²) < 4.78 is 0. The standard InChI is InChI=1S/C17H24ClN3O2/c1-12(2)21(14-8-10-20(11-9-14)13(3)22)17(23)19-16-7-5-4-6-15(16)18/h4-7,12,14H,8-11H2,1-3H3,(H,19,23). The van der Waals surface area contributed by atoms with Crippen molar-refractivity contribution in [1.82, 2.24) is 9.80 Å². The molecule has 0 radical (unpaired) electrons. The summed E-state index contributed by atoms with van der Waals surface area (Å²) in [7, 11) is 0. The second kappa shape index (κ2) is 7.68. The van der Waals surface area contributed by atoms with Crippen molar-refractivity contribution >= 4 is 29.2 Å². The minimum absolute atomic E-state index is 0.0753. The molecule has 0 bridgehead atoms. The normalized spacial score (nSPS) is 15.6. The van der Waals surface area contributed by atoms with Gasteiger partial charge in [0, 0.05) is 32.1 Å². The van der Waals surface area contributed by atoms with Crippen LogP contribution in [0.1, 0.15) is 33.6 Å². The van der Waals surface area contributed by atoms with E-state index in [9.17, 15) is 9.59 Å². The number of halogens is 1. The Balaban J connectivity index is 2.05. The van der Waals surface area contributed by atoms with Gasteiger partial charge < -0.3 is 15.1 Å². The summed E-state index contributed by atoms with van der Waals surface area (Å²) >= 11 is 6.11. The molecule has 126 valence electrons. The van der Waals surface area contributed by atoms with Crippen molar-refractivity contribution < 1.29 is 9.59 Å². The van der Waals surface area contributed by atoms with Gasteiger partial charge in [-0.15, -0.1) is 0 Å². The molecule has 1 N–H and O–H groups in total. The maximum atomic E-state index is 12.7. The highest BCUT2D eigenvalue weighted by atomic mass is 35.5. The summed E-state index contributed by atoms with van der Waals surface area (Å²) in [5.41, 5.74) is 0.617. The first-order valence-electron chi connectivity index (χ1n) is 7.99. The highest BCUT2D eigenvalue weighted by Gasteiger charge is 2.30. The first-order valence-corrected chi connectivity index (χ1v) is 8.37. The SMILES string of the molecule is CC(=O)N1CCC(N(C(=O)Nc2ccccc2Cl)C(C)C)CC1. The number of para-hydroxylation sites is 1. The van der Waals surface area contributed by atoms with Gasteiger partial charge in [0.15, 0.2) is 0 Å². The summed E-state index contributed by atoms with van der Waals surface area (Å²) in [5, 5.41) is 3.42. The number of urea groups is 1. The van der Waals surface area contributed by atoms with Gasteiger partial charge in [-0.1, -0.05) is 23.7 Å². The van der Waals surface area contributed by atoms with Crippen molar-refractivity contribution in [3.8, 4) is 0 Å². The number of likely N-dealkylation sites (tertiary alicyclic amines) is 1. The molecule has 1 fully saturated rings. The Bertz CT molecular complexity index is 569. The van der Waals surface area contributed by atoms with Gasteiger partial charge in [0.25, 0.3) is 0 Å². The summed E-state index contributed by atoms with van der Waals surface area (Å²) in [6.07, 6.45) is 1.60. The first-order chi connectivity index (χ1) is 10.9. The minimum Gasteiger partial charge on any atom is -0.343 e. The van der Waals surface area contributed by atoms with Crippen LogP contribution in [-0.4, -0.2) is 46.9 Å². The molecule has 0 aliphatic carbocycles. The van der Waals surface area contributed by atoms with Crippen LogP contribution in [0.3, 0.4) is 0 Å². The lowest BCUT2D eigenvalue weighted by molar-refractivity contribution is -0.130. The van der Waals surface area contributed by atoms with Crippen LogP contribution < -0.4 is 5.32 Å². The molecule has 0 aromatic heterocycles. The molecule has 1 aliphatic rings. The van der Waals surface area contributed by atoms with Crippen LogP contribution in [0.25, 0.3) is 0 Å². The van der Waals surface area contributed by atoms with Crippen LogP contribution in [0.15, 0.2) is 24.3 Å². The summed E-state index contributed by atoms with van der Waals surface area (Å²) in [5.74, 6) is 0.0973. The Morgan fingerprint density at radius 1 is 1.26 bits per heavy atom. The van der Waals surface area contributed by atoms with Crippen molar-refractivity contribution in [2.75, 3.05) is 18.4 Å². The second-order valence-electron chi connectivity index (χ2n) is 6.15. The molecule has 0 spiro atoms. The number of hydrogen-bond donors (Lipinski definition) is 1. The number of hydrogen-bond acceptors (Lipinski definition) is 2. The van der Waals surface area contributed by atoms with E-state index in [1.54, 1.807) is 19.1 Å². The van der Waals surface area contributed by atoms with Gasteiger partial charge >= 0.3 is 6.03 Å². The number of carbonyl (C=O) groups is 2. The molecule has 1 saturated heterocycles. The van der Waals surface area contributed by atoms with Gasteiger partial charge in [-0.3, -0.25) is 4.79 Å². The van der Waals surface area contributed by atoms with Crippen molar-refractivity contribution in [3.63, 3.8) is 0 Å². The maximum absolute atomic E-state index is 12.7. The van der Waals surface area contributed by atoms with E-state index < -0.39 is 0 Å². The van der Waals surface area contributed by atoms with Crippen LogP contribution >= 0.6 is 11.6 Å². The minimum atomic E-state index is -0.144. The molecule has 0 saturated carbocycles. The van der Waals surface area contributed by atoms with Gasteiger partial charge in [-0.2, -0.15) is 0 Å². The molecule has 1 heterocycles. The second-order valence-corrected chi connectivity index (χ2v) is 6.56. The number of nitrogens with one attached hydrogen (secondary N) is 1. The third-order valence-electron chi connectivity index (χ3n) is 4.21. The molecule has 6 heteroatoms. The third kappa shape index (κ3) is 4.38. The first kappa shape index (κ1) is 17.6. The Morgan fingerprint density at radius 3 is 2.39 bits per heavy atom. The molecule has 1 aromatic rings. The zero-order valence-electron chi connectivity index (χ0n) is 13.9. The van der Waals surface area contributed by atoms with E-state index in [2.05, 4.69) is 5.32 Å². The predicted octanol–water partition coefficient (Wildman–Crippen LogP) is 3.59. The van der Waals surface area contributed by atoms with E-state index >= 15 is 0 Å². The number of carbonyl (C=O) groups excluding carboxylic acids is 2. The average Bonchev–Trinajstić information content (AvgIpc) is 2.50. The fourth-order valence-corrected chi connectivity index (χ4v) is 3.21. The Labute approximate surface area is 142 Å². The van der Waals surface area contributed by atoms with Crippen LogP contribution in [0, 0.1) is 0 Å². The highest BCUT2D eigenvalue weighted by Crippen LogP contribution is 2.24. The monoisotopic (exact) mass is 337 g/mol. The molecule has 0 unspecified atom stereocenters. The summed E-state index contributed by atoms with van der Waals surface area (Å²) in [4.78, 5) is 27.8. The molecule has 0 atom stereocenters. The fraction of sp³-hybridized carbons (Fsp3) is 0.529. The molecule has 1 aromatic carbocycles. The number of benzene rings is 1. The molecule has 3 amide bonds. The van der Waals surface area contributed by atoms with Crippen molar-refractivity contribution in [2.24, 2.45) is 0 Å². The Hall–Kier alpha value is -1.75. The van der Waals surface area contributed by atoms with Crippen LogP contribution in [0.5, 0.6) is 0 Å². The zero-order chi connectivity index (χ0) is 17.0. The Morgan fingerprint density at radius 2 is 1.87 bits per heavy atom. The van der Waals surface area contributed by atoms with Crippen molar-refractivity contribution in [2.45, 2.75) is 45.7 Å². The lowest BCUT2D eigenvalue weighted by Crippen LogP contribution is -2.52. The van der Waals surface area contributed by atoms with Gasteiger partial charge in [0.05, 0.1) is 10.7 Å². The van der Waals surface area contributed by atoms with E-state index in [0.29, 0.717) is 23.8 Å². The summed E-state index contributed by atoms with van der Waals surface area (Å²) in [6.45, 7) is 6.99. The quantitative estimate of drug-likeness (QED) is 0.916. The maximum Gasteiger partial charge on any atom is 0.322 e. The zero-order valence-corrected chi connectivity index (χ0v) is 14.6. The fourth-order valence-electron chi connectivity index (χ4n) is 3.02. The number of nitrogens with zero attached hydrogens (tertiary/aromatic N) is 2. The van der Waals surface area contributed by atoms with Crippen LogP contribution in [0.4, 0.5) is 10.5 Å². The predicted molar refractivity (Wildman–Crippen MR) is 92.7 cm³/mol. The molecular weight excluding hydrogens is 314 g/mol. The van der Waals surface area contributed by atoms with E-state index in [-0.39, 0.29) is 24.0 Å². The molecule has 1 aliphatic heterocycles. The van der Waals surface area contributed by atoms with Gasteiger partial charge in [-0.05, 0) is 38.8 Å². The molecule has 2 rings (SSSR count). The largest absolute Gasteiger partial charge is 0.343 e. The highest BCUT2D eigenvalue weighted by molar-refractivity contribution is 6.33. The van der Waals surface area contributed by atoms with Gasteiger partial charge in [0.2, 0.25) is 5.91 Å². The number of amides is 3. The lowest BCUT2D eigenvalue weighted by atomic mass is 10.0. The van der Waals surface area contributed by atoms with E-state index in [0.717, 1.165) is 12.8 Å². The lowest BCUT2D eigenvalue weighted by Gasteiger charge is -2.40.